The summed E-state index contributed by atoms with van der Waals surface area (Å²) in [5.74, 6) is -1.99. The first-order chi connectivity index (χ1) is 8.89. The van der Waals surface area contributed by atoms with Gasteiger partial charge in [-0.15, -0.1) is 0 Å². The lowest BCUT2D eigenvalue weighted by Crippen LogP contribution is -2.11. The first-order valence-corrected chi connectivity index (χ1v) is 5.07. The molecule has 0 aliphatic rings. The second-order valence-electron chi connectivity index (χ2n) is 3.61. The Morgan fingerprint density at radius 2 is 1.89 bits per heavy atom. The first-order valence-electron chi connectivity index (χ1n) is 5.07. The van der Waals surface area contributed by atoms with Gasteiger partial charge < -0.3 is 0 Å². The van der Waals surface area contributed by atoms with Crippen LogP contribution in [0.2, 0.25) is 0 Å². The lowest BCUT2D eigenvalue weighted by Gasteiger charge is -2.08. The van der Waals surface area contributed by atoms with E-state index in [1.165, 1.54) is 12.4 Å². The fourth-order valence-corrected chi connectivity index (χ4v) is 1.43. The van der Waals surface area contributed by atoms with Crippen molar-refractivity contribution in [2.24, 2.45) is 0 Å². The van der Waals surface area contributed by atoms with E-state index in [0.29, 0.717) is 18.2 Å². The molecule has 0 aliphatic carbocycles. The van der Waals surface area contributed by atoms with Crippen LogP contribution in [0.15, 0.2) is 36.8 Å². The maximum Gasteiger partial charge on any atom is 0.416 e. The van der Waals surface area contributed by atoms with Crippen molar-refractivity contribution in [3.8, 4) is 0 Å². The molecule has 2 aromatic rings. The Balaban J connectivity index is 2.48. The number of carbonyl (C=O) groups is 1. The number of carbonyl (C=O) groups excluding carboxylic acids is 1. The normalized spacial score (nSPS) is 11.4. The molecule has 0 radical (unpaired) electrons. The molecule has 0 saturated heterocycles. The molecule has 3 nitrogen and oxygen atoms in total. The third-order valence-corrected chi connectivity index (χ3v) is 2.33. The SMILES string of the molecule is O=C(c1cnccn1)c1cc(C(F)(F)F)ccc1F. The molecular formula is C12H6F4N2O. The number of alkyl halides is 3. The van der Waals surface area contributed by atoms with E-state index in [1.807, 2.05) is 0 Å². The molecule has 0 unspecified atom stereocenters. The fraction of sp³-hybridized carbons (Fsp3) is 0.0833. The Morgan fingerprint density at radius 1 is 1.16 bits per heavy atom. The van der Waals surface area contributed by atoms with Gasteiger partial charge in [-0.25, -0.2) is 9.37 Å². The zero-order valence-electron chi connectivity index (χ0n) is 9.28. The highest BCUT2D eigenvalue weighted by atomic mass is 19.4. The van der Waals surface area contributed by atoms with Gasteiger partial charge >= 0.3 is 6.18 Å². The Bertz CT molecular complexity index is 611. The van der Waals surface area contributed by atoms with Crippen LogP contribution in [0.4, 0.5) is 17.6 Å². The number of aromatic nitrogens is 2. The van der Waals surface area contributed by atoms with Crippen LogP contribution < -0.4 is 0 Å². The van der Waals surface area contributed by atoms with Crippen LogP contribution in [0, 0.1) is 5.82 Å². The number of ketones is 1. The smallest absolute Gasteiger partial charge is 0.287 e. The quantitative estimate of drug-likeness (QED) is 0.622. The van der Waals surface area contributed by atoms with Crippen LogP contribution in [0.1, 0.15) is 21.6 Å². The average Bonchev–Trinajstić information content (AvgIpc) is 2.38. The predicted molar refractivity (Wildman–Crippen MR) is 56.9 cm³/mol. The van der Waals surface area contributed by atoms with Crippen molar-refractivity contribution < 1.29 is 22.4 Å². The maximum absolute atomic E-state index is 13.5. The molecule has 0 amide bonds. The number of nitrogens with zero attached hydrogens (tertiary/aromatic N) is 2. The van der Waals surface area contributed by atoms with E-state index in [4.69, 9.17) is 0 Å². The maximum atomic E-state index is 13.5. The van der Waals surface area contributed by atoms with E-state index in [-0.39, 0.29) is 5.69 Å². The molecule has 1 aromatic carbocycles. The zero-order valence-corrected chi connectivity index (χ0v) is 9.28. The molecule has 1 aromatic heterocycles. The largest absolute Gasteiger partial charge is 0.416 e. The van der Waals surface area contributed by atoms with Gasteiger partial charge in [-0.2, -0.15) is 13.2 Å². The zero-order chi connectivity index (χ0) is 14.0. The van der Waals surface area contributed by atoms with Crippen LogP contribution in [-0.2, 0) is 6.18 Å². The first kappa shape index (κ1) is 13.1. The van der Waals surface area contributed by atoms with E-state index < -0.39 is 28.9 Å². The second-order valence-corrected chi connectivity index (χ2v) is 3.61. The lowest BCUT2D eigenvalue weighted by molar-refractivity contribution is -0.137. The van der Waals surface area contributed by atoms with Gasteiger partial charge in [0.1, 0.15) is 11.5 Å². The minimum Gasteiger partial charge on any atom is -0.287 e. The lowest BCUT2D eigenvalue weighted by atomic mass is 10.0. The summed E-state index contributed by atoms with van der Waals surface area (Å²) in [5.41, 5.74) is -2.00. The Hall–Kier alpha value is -2.31. The number of benzene rings is 1. The van der Waals surface area contributed by atoms with Crippen LogP contribution in [0.5, 0.6) is 0 Å². The van der Waals surface area contributed by atoms with Crippen molar-refractivity contribution in [2.75, 3.05) is 0 Å². The third-order valence-electron chi connectivity index (χ3n) is 2.33. The van der Waals surface area contributed by atoms with Crippen molar-refractivity contribution in [2.45, 2.75) is 6.18 Å². The van der Waals surface area contributed by atoms with Crippen molar-refractivity contribution >= 4 is 5.78 Å². The van der Waals surface area contributed by atoms with Crippen molar-refractivity contribution in [3.05, 3.63) is 59.4 Å². The van der Waals surface area contributed by atoms with Gasteiger partial charge in [-0.05, 0) is 18.2 Å². The van der Waals surface area contributed by atoms with Crippen molar-refractivity contribution in [1.29, 1.82) is 0 Å². The van der Waals surface area contributed by atoms with E-state index in [1.54, 1.807) is 0 Å². The van der Waals surface area contributed by atoms with Gasteiger partial charge in [0.2, 0.25) is 5.78 Å². The van der Waals surface area contributed by atoms with Gasteiger partial charge in [0.25, 0.3) is 0 Å². The molecule has 1 heterocycles. The molecule has 0 atom stereocenters. The molecule has 19 heavy (non-hydrogen) atoms. The van der Waals surface area contributed by atoms with Gasteiger partial charge in [0.05, 0.1) is 17.3 Å². The predicted octanol–water partition coefficient (Wildman–Crippen LogP) is 2.87. The Kier molecular flexibility index (Phi) is 3.28. The monoisotopic (exact) mass is 270 g/mol. The number of rotatable bonds is 2. The van der Waals surface area contributed by atoms with Gasteiger partial charge in [0, 0.05) is 12.4 Å². The van der Waals surface area contributed by atoms with Crippen LogP contribution >= 0.6 is 0 Å². The molecule has 0 saturated carbocycles. The Morgan fingerprint density at radius 3 is 2.47 bits per heavy atom. The summed E-state index contributed by atoms with van der Waals surface area (Å²) < 4.78 is 51.0. The van der Waals surface area contributed by atoms with Crippen molar-refractivity contribution in [1.82, 2.24) is 9.97 Å². The average molecular weight is 270 g/mol. The highest BCUT2D eigenvalue weighted by Gasteiger charge is 2.32. The third kappa shape index (κ3) is 2.75. The molecule has 0 spiro atoms. The highest BCUT2D eigenvalue weighted by molar-refractivity contribution is 6.07. The van der Waals surface area contributed by atoms with E-state index in [9.17, 15) is 22.4 Å². The minimum atomic E-state index is -4.65. The summed E-state index contributed by atoms with van der Waals surface area (Å²) in [6, 6.07) is 1.64. The topological polar surface area (TPSA) is 42.9 Å². The molecule has 0 N–H and O–H groups in total. The summed E-state index contributed by atoms with van der Waals surface area (Å²) in [5, 5.41) is 0. The van der Waals surface area contributed by atoms with Crippen molar-refractivity contribution in [3.63, 3.8) is 0 Å². The second kappa shape index (κ2) is 4.75. The van der Waals surface area contributed by atoms with E-state index in [0.717, 1.165) is 6.20 Å². The van der Waals surface area contributed by atoms with Crippen LogP contribution in [0.25, 0.3) is 0 Å². The molecular weight excluding hydrogens is 264 g/mol. The van der Waals surface area contributed by atoms with Crippen LogP contribution in [-0.4, -0.2) is 15.8 Å². The molecule has 7 heteroatoms. The van der Waals surface area contributed by atoms with Crippen LogP contribution in [0.3, 0.4) is 0 Å². The standard InChI is InChI=1S/C12H6F4N2O/c13-9-2-1-7(12(14,15)16)5-8(9)11(19)10-6-17-3-4-18-10/h1-6H. The van der Waals surface area contributed by atoms with E-state index >= 15 is 0 Å². The highest BCUT2D eigenvalue weighted by Crippen LogP contribution is 2.30. The summed E-state index contributed by atoms with van der Waals surface area (Å²) in [6.45, 7) is 0. The summed E-state index contributed by atoms with van der Waals surface area (Å²) >= 11 is 0. The summed E-state index contributed by atoms with van der Waals surface area (Å²) in [4.78, 5) is 19.1. The molecule has 0 aliphatic heterocycles. The minimum absolute atomic E-state index is 0.222. The van der Waals surface area contributed by atoms with Gasteiger partial charge in [-0.3, -0.25) is 9.78 Å². The van der Waals surface area contributed by atoms with E-state index in [2.05, 4.69) is 9.97 Å². The number of hydrogen-bond acceptors (Lipinski definition) is 3. The Labute approximate surface area is 104 Å². The fourth-order valence-electron chi connectivity index (χ4n) is 1.43. The summed E-state index contributed by atoms with van der Waals surface area (Å²) in [6.07, 6.45) is -1.11. The summed E-state index contributed by atoms with van der Waals surface area (Å²) in [7, 11) is 0. The number of halogens is 4. The molecule has 2 rings (SSSR count). The molecule has 0 fully saturated rings. The molecule has 98 valence electrons. The number of hydrogen-bond donors (Lipinski definition) is 0. The molecule has 0 bridgehead atoms. The van der Waals surface area contributed by atoms with Gasteiger partial charge in [-0.1, -0.05) is 0 Å². The van der Waals surface area contributed by atoms with Gasteiger partial charge in [0.15, 0.2) is 0 Å².